The number of carbonyl (C=O) groups is 2. The first-order valence-corrected chi connectivity index (χ1v) is 11.3. The zero-order valence-corrected chi connectivity index (χ0v) is 19.2. The second-order valence-electron chi connectivity index (χ2n) is 11.3. The predicted octanol–water partition coefficient (Wildman–Crippen LogP) is 4.50. The number of esters is 2. The number of fused-ring (bicyclic) bond motifs is 3. The Labute approximate surface area is 175 Å². The lowest BCUT2D eigenvalue weighted by atomic mass is 9.38. The van der Waals surface area contributed by atoms with E-state index in [-0.39, 0.29) is 41.9 Å². The van der Waals surface area contributed by atoms with Gasteiger partial charge in [-0.05, 0) is 66.6 Å². The summed E-state index contributed by atoms with van der Waals surface area (Å²) in [5.74, 6) is 0.188. The molecule has 0 aromatic rings. The van der Waals surface area contributed by atoms with Crippen molar-refractivity contribution in [2.75, 3.05) is 13.2 Å². The Bertz CT molecular complexity index is 658. The van der Waals surface area contributed by atoms with Gasteiger partial charge in [0.2, 0.25) is 0 Å². The summed E-state index contributed by atoms with van der Waals surface area (Å²) in [6.07, 6.45) is 7.41. The van der Waals surface area contributed by atoms with Gasteiger partial charge in [-0.2, -0.15) is 0 Å². The van der Waals surface area contributed by atoms with Gasteiger partial charge in [-0.3, -0.25) is 9.59 Å². The summed E-state index contributed by atoms with van der Waals surface area (Å²) in [6, 6.07) is 0. The number of carbonyl (C=O) groups excluding carboxylic acids is 2. The normalized spacial score (nSPS) is 43.6. The lowest BCUT2D eigenvalue weighted by Gasteiger charge is -2.67. The molecule has 6 atom stereocenters. The third-order valence-corrected chi connectivity index (χ3v) is 9.13. The number of hydrogen-bond acceptors (Lipinski definition) is 5. The van der Waals surface area contributed by atoms with Crippen LogP contribution in [0.1, 0.15) is 86.5 Å². The minimum Gasteiger partial charge on any atom is -0.465 e. The molecule has 5 nitrogen and oxygen atoms in total. The fourth-order valence-electron chi connectivity index (χ4n) is 7.89. The second-order valence-corrected chi connectivity index (χ2v) is 11.3. The highest BCUT2D eigenvalue weighted by Gasteiger charge is 2.65. The molecule has 1 N–H and O–H groups in total. The molecule has 0 aromatic heterocycles. The highest BCUT2D eigenvalue weighted by atomic mass is 16.5. The minimum absolute atomic E-state index is 0.0256. The topological polar surface area (TPSA) is 72.8 Å². The van der Waals surface area contributed by atoms with E-state index in [2.05, 4.69) is 27.7 Å². The van der Waals surface area contributed by atoms with E-state index in [9.17, 15) is 14.7 Å². The minimum atomic E-state index is -1.15. The van der Waals surface area contributed by atoms with E-state index < -0.39 is 5.60 Å². The highest BCUT2D eigenvalue weighted by molar-refractivity contribution is 5.66. The summed E-state index contributed by atoms with van der Waals surface area (Å²) >= 11 is 0. The van der Waals surface area contributed by atoms with E-state index in [4.69, 9.17) is 9.47 Å². The molecule has 0 heterocycles. The zero-order chi connectivity index (χ0) is 21.7. The Balaban J connectivity index is 1.96. The standard InChI is InChI=1S/C24H40O5/c1-16(25)28-14-20-23(6)12-8-18-21(3,4)10-7-11-22(18,5)19(23)9-13-24(20,27)15-29-17(2)26/h18-20,27H,7-15H2,1-6H3/t18?,19?,20-,22-,23+,24+/m1/s1. The van der Waals surface area contributed by atoms with Crippen LogP contribution in [0.25, 0.3) is 0 Å². The molecule has 0 spiro atoms. The fourth-order valence-corrected chi connectivity index (χ4v) is 7.89. The van der Waals surface area contributed by atoms with Crippen LogP contribution in [0, 0.1) is 34.0 Å². The molecule has 2 unspecified atom stereocenters. The van der Waals surface area contributed by atoms with Crippen LogP contribution in [-0.4, -0.2) is 35.9 Å². The summed E-state index contributed by atoms with van der Waals surface area (Å²) in [7, 11) is 0. The molecule has 0 aromatic carbocycles. The number of hydrogen-bond donors (Lipinski definition) is 1. The number of rotatable bonds is 4. The highest BCUT2D eigenvalue weighted by Crippen LogP contribution is 2.69. The predicted molar refractivity (Wildman–Crippen MR) is 111 cm³/mol. The molecule has 0 saturated heterocycles. The van der Waals surface area contributed by atoms with Crippen LogP contribution in [0.2, 0.25) is 0 Å². The first-order chi connectivity index (χ1) is 13.4. The maximum absolute atomic E-state index is 11.6. The van der Waals surface area contributed by atoms with Crippen molar-refractivity contribution >= 4 is 11.9 Å². The van der Waals surface area contributed by atoms with E-state index in [1.807, 2.05) is 0 Å². The number of ether oxygens (including phenoxy) is 2. The molecule has 166 valence electrons. The van der Waals surface area contributed by atoms with Gasteiger partial charge in [-0.25, -0.2) is 0 Å². The van der Waals surface area contributed by atoms with Gasteiger partial charge in [0.15, 0.2) is 0 Å². The van der Waals surface area contributed by atoms with Gasteiger partial charge in [0, 0.05) is 19.8 Å². The van der Waals surface area contributed by atoms with Crippen molar-refractivity contribution in [3.63, 3.8) is 0 Å². The molecule has 3 aliphatic carbocycles. The van der Waals surface area contributed by atoms with Crippen molar-refractivity contribution in [3.05, 3.63) is 0 Å². The van der Waals surface area contributed by atoms with Crippen LogP contribution in [-0.2, 0) is 19.1 Å². The summed E-state index contributed by atoms with van der Waals surface area (Å²) in [5, 5.41) is 11.6. The molecular formula is C24H40O5. The molecule has 0 radical (unpaired) electrons. The summed E-state index contributed by atoms with van der Waals surface area (Å²) in [4.78, 5) is 23.1. The Morgan fingerprint density at radius 1 is 0.862 bits per heavy atom. The Morgan fingerprint density at radius 2 is 1.48 bits per heavy atom. The van der Waals surface area contributed by atoms with Crippen molar-refractivity contribution in [2.24, 2.45) is 34.0 Å². The van der Waals surface area contributed by atoms with Gasteiger partial charge in [-0.1, -0.05) is 34.1 Å². The summed E-state index contributed by atoms with van der Waals surface area (Å²) < 4.78 is 10.7. The first-order valence-electron chi connectivity index (χ1n) is 11.3. The maximum Gasteiger partial charge on any atom is 0.302 e. The van der Waals surface area contributed by atoms with Crippen molar-refractivity contribution in [3.8, 4) is 0 Å². The van der Waals surface area contributed by atoms with E-state index in [0.717, 1.165) is 19.3 Å². The Kier molecular flexibility index (Phi) is 5.88. The largest absolute Gasteiger partial charge is 0.465 e. The Hall–Kier alpha value is -1.10. The zero-order valence-electron chi connectivity index (χ0n) is 19.2. The van der Waals surface area contributed by atoms with Crippen LogP contribution >= 0.6 is 0 Å². The molecule has 3 aliphatic rings. The van der Waals surface area contributed by atoms with E-state index in [1.165, 1.54) is 33.1 Å². The molecule has 0 bridgehead atoms. The van der Waals surface area contributed by atoms with Crippen LogP contribution in [0.5, 0.6) is 0 Å². The van der Waals surface area contributed by atoms with Crippen LogP contribution in [0.15, 0.2) is 0 Å². The second kappa shape index (κ2) is 7.55. The molecule has 0 amide bonds. The quantitative estimate of drug-likeness (QED) is 0.693. The molecule has 3 fully saturated rings. The van der Waals surface area contributed by atoms with Crippen molar-refractivity contribution in [1.82, 2.24) is 0 Å². The third kappa shape index (κ3) is 3.84. The monoisotopic (exact) mass is 408 g/mol. The SMILES string of the molecule is CC(=O)OC[C@H]1[C@@](O)(COC(C)=O)CCC2[C@]3(C)CCCC(C)(C)C3CC[C@@]21C. The average molecular weight is 409 g/mol. The van der Waals surface area contributed by atoms with Gasteiger partial charge in [0.25, 0.3) is 0 Å². The Morgan fingerprint density at radius 3 is 2.10 bits per heavy atom. The van der Waals surface area contributed by atoms with Crippen LogP contribution in [0.3, 0.4) is 0 Å². The van der Waals surface area contributed by atoms with Crippen molar-refractivity contribution < 1.29 is 24.2 Å². The van der Waals surface area contributed by atoms with Crippen molar-refractivity contribution in [1.29, 1.82) is 0 Å². The van der Waals surface area contributed by atoms with E-state index in [0.29, 0.717) is 23.7 Å². The van der Waals surface area contributed by atoms with Crippen LogP contribution in [0.4, 0.5) is 0 Å². The van der Waals surface area contributed by atoms with Gasteiger partial charge in [0.1, 0.15) is 12.2 Å². The first kappa shape index (κ1) is 22.6. The summed E-state index contributed by atoms with van der Waals surface area (Å²) in [5.41, 5.74) is -0.738. The van der Waals surface area contributed by atoms with Crippen LogP contribution < -0.4 is 0 Å². The average Bonchev–Trinajstić information content (AvgIpc) is 2.58. The van der Waals surface area contributed by atoms with Gasteiger partial charge in [0.05, 0.1) is 6.61 Å². The molecule has 3 rings (SSSR count). The summed E-state index contributed by atoms with van der Waals surface area (Å²) in [6.45, 7) is 12.5. The lowest BCUT2D eigenvalue weighted by Crippen LogP contribution is -2.65. The maximum atomic E-state index is 11.6. The van der Waals surface area contributed by atoms with E-state index >= 15 is 0 Å². The molecule has 29 heavy (non-hydrogen) atoms. The van der Waals surface area contributed by atoms with Gasteiger partial charge in [-0.15, -0.1) is 0 Å². The lowest BCUT2D eigenvalue weighted by molar-refractivity contribution is -0.235. The molecule has 0 aliphatic heterocycles. The van der Waals surface area contributed by atoms with Gasteiger partial charge < -0.3 is 14.6 Å². The molecular weight excluding hydrogens is 368 g/mol. The van der Waals surface area contributed by atoms with Gasteiger partial charge >= 0.3 is 11.9 Å². The van der Waals surface area contributed by atoms with E-state index in [1.54, 1.807) is 0 Å². The fraction of sp³-hybridized carbons (Fsp3) is 0.917. The molecule has 3 saturated carbocycles. The smallest absolute Gasteiger partial charge is 0.302 e. The van der Waals surface area contributed by atoms with Crippen molar-refractivity contribution in [2.45, 2.75) is 92.1 Å². The number of aliphatic hydroxyl groups is 1. The molecule has 5 heteroatoms. The third-order valence-electron chi connectivity index (χ3n) is 9.13.